The first kappa shape index (κ1) is 14.1. The molecule has 1 aromatic carbocycles. The summed E-state index contributed by atoms with van der Waals surface area (Å²) in [5.74, 6) is -2.38. The predicted octanol–water partition coefficient (Wildman–Crippen LogP) is 1.66. The van der Waals surface area contributed by atoms with Gasteiger partial charge in [-0.25, -0.2) is 9.59 Å². The van der Waals surface area contributed by atoms with Gasteiger partial charge in [-0.05, 0) is 49.3 Å². The van der Waals surface area contributed by atoms with Gasteiger partial charge >= 0.3 is 23.9 Å². The van der Waals surface area contributed by atoms with Crippen LogP contribution in [0.1, 0.15) is 45.5 Å². The van der Waals surface area contributed by atoms with E-state index in [0.717, 1.165) is 12.0 Å². The van der Waals surface area contributed by atoms with Gasteiger partial charge in [-0.3, -0.25) is 9.59 Å². The van der Waals surface area contributed by atoms with Crippen molar-refractivity contribution in [3.8, 4) is 0 Å². The van der Waals surface area contributed by atoms with Crippen LogP contribution in [0.2, 0.25) is 0 Å². The van der Waals surface area contributed by atoms with Gasteiger partial charge in [0.1, 0.15) is 0 Å². The molecule has 3 aliphatic rings. The summed E-state index contributed by atoms with van der Waals surface area (Å²) in [6.45, 7) is 0. The zero-order chi connectivity index (χ0) is 16.1. The first-order valence-electron chi connectivity index (χ1n) is 7.68. The Hall–Kier alpha value is -2.50. The molecule has 3 atom stereocenters. The highest BCUT2D eigenvalue weighted by atomic mass is 16.6. The van der Waals surface area contributed by atoms with Crippen LogP contribution in [-0.2, 0) is 25.5 Å². The highest BCUT2D eigenvalue weighted by Crippen LogP contribution is 2.40. The molecule has 0 N–H and O–H groups in total. The van der Waals surface area contributed by atoms with Crippen molar-refractivity contribution in [2.75, 3.05) is 0 Å². The molecule has 0 amide bonds. The molecular formula is C17H14O6. The van der Waals surface area contributed by atoms with Crippen LogP contribution >= 0.6 is 0 Å². The first-order chi connectivity index (χ1) is 11.0. The van der Waals surface area contributed by atoms with Crippen LogP contribution < -0.4 is 0 Å². The Morgan fingerprint density at radius 3 is 2.43 bits per heavy atom. The number of benzene rings is 1. The summed E-state index contributed by atoms with van der Waals surface area (Å²) < 4.78 is 9.30. The molecule has 6 nitrogen and oxygen atoms in total. The van der Waals surface area contributed by atoms with Gasteiger partial charge in [0.15, 0.2) is 0 Å². The molecule has 0 radical (unpaired) electrons. The molecule has 3 unspecified atom stereocenters. The summed E-state index contributed by atoms with van der Waals surface area (Å²) in [5.41, 5.74) is 1.53. The molecule has 1 aromatic rings. The number of carbonyl (C=O) groups excluding carboxylic acids is 4. The van der Waals surface area contributed by atoms with Gasteiger partial charge in [0.05, 0.1) is 23.0 Å². The summed E-state index contributed by atoms with van der Waals surface area (Å²) >= 11 is 0. The standard InChI is InChI=1S/C17H14O6/c18-14-10-3-1-8(6-12(10)16(20)22-14)5-9-2-4-11-13(7-9)17(21)23-15(11)19/h1,3,6,9,11,13H,2,4-5,7H2. The van der Waals surface area contributed by atoms with E-state index in [1.807, 2.05) is 6.07 Å². The smallest absolute Gasteiger partial charge is 0.346 e. The lowest BCUT2D eigenvalue weighted by atomic mass is 9.73. The third kappa shape index (κ3) is 2.25. The molecule has 0 spiro atoms. The number of ether oxygens (including phenoxy) is 2. The highest BCUT2D eigenvalue weighted by molar-refractivity contribution is 6.14. The molecule has 0 bridgehead atoms. The first-order valence-corrected chi connectivity index (χ1v) is 7.68. The average molecular weight is 314 g/mol. The van der Waals surface area contributed by atoms with Crippen molar-refractivity contribution in [2.45, 2.75) is 25.7 Å². The van der Waals surface area contributed by atoms with Crippen LogP contribution in [-0.4, -0.2) is 23.9 Å². The SMILES string of the molecule is O=C1OC(=O)c2cc(CC3CCC4C(=O)OC(=O)C4C3)ccc21. The molecule has 6 heteroatoms. The maximum Gasteiger partial charge on any atom is 0.346 e. The maximum atomic E-state index is 11.7. The minimum absolute atomic E-state index is 0.251. The fourth-order valence-corrected chi connectivity index (χ4v) is 3.83. The van der Waals surface area contributed by atoms with E-state index in [2.05, 4.69) is 4.74 Å². The lowest BCUT2D eigenvalue weighted by Crippen LogP contribution is -2.28. The van der Waals surface area contributed by atoms with Crippen LogP contribution in [0.15, 0.2) is 18.2 Å². The minimum Gasteiger partial charge on any atom is -0.393 e. The molecule has 4 rings (SSSR count). The van der Waals surface area contributed by atoms with Gasteiger partial charge in [-0.2, -0.15) is 0 Å². The predicted molar refractivity (Wildman–Crippen MR) is 75.3 cm³/mol. The average Bonchev–Trinajstić information content (AvgIpc) is 2.96. The zero-order valence-electron chi connectivity index (χ0n) is 12.2. The molecular weight excluding hydrogens is 300 g/mol. The van der Waals surface area contributed by atoms with Gasteiger partial charge in [0.2, 0.25) is 0 Å². The number of cyclic esters (lactones) is 4. The fourth-order valence-electron chi connectivity index (χ4n) is 3.83. The van der Waals surface area contributed by atoms with Gasteiger partial charge in [-0.15, -0.1) is 0 Å². The Kier molecular flexibility index (Phi) is 3.07. The zero-order valence-corrected chi connectivity index (χ0v) is 12.2. The van der Waals surface area contributed by atoms with Crippen molar-refractivity contribution < 1.29 is 28.7 Å². The second-order valence-corrected chi connectivity index (χ2v) is 6.39. The van der Waals surface area contributed by atoms with E-state index in [1.165, 1.54) is 0 Å². The van der Waals surface area contributed by atoms with Crippen LogP contribution in [0.4, 0.5) is 0 Å². The number of hydrogen-bond donors (Lipinski definition) is 0. The number of rotatable bonds is 2. The van der Waals surface area contributed by atoms with Crippen molar-refractivity contribution in [3.05, 3.63) is 34.9 Å². The third-order valence-corrected chi connectivity index (χ3v) is 5.00. The Labute approximate surface area is 131 Å². The molecule has 1 saturated heterocycles. The van der Waals surface area contributed by atoms with Gasteiger partial charge in [-0.1, -0.05) is 6.07 Å². The lowest BCUT2D eigenvalue weighted by Gasteiger charge is -2.27. The topological polar surface area (TPSA) is 86.7 Å². The molecule has 1 aliphatic carbocycles. The van der Waals surface area contributed by atoms with E-state index in [0.29, 0.717) is 30.4 Å². The summed E-state index contributed by atoms with van der Waals surface area (Å²) in [6, 6.07) is 5.10. The highest BCUT2D eigenvalue weighted by Gasteiger charge is 2.47. The van der Waals surface area contributed by atoms with E-state index in [1.54, 1.807) is 12.1 Å². The van der Waals surface area contributed by atoms with Crippen molar-refractivity contribution in [1.29, 1.82) is 0 Å². The Morgan fingerprint density at radius 1 is 0.870 bits per heavy atom. The van der Waals surface area contributed by atoms with E-state index < -0.39 is 23.9 Å². The molecule has 0 aromatic heterocycles. The summed E-state index contributed by atoms with van der Waals surface area (Å²) in [7, 11) is 0. The van der Waals surface area contributed by atoms with Crippen LogP contribution in [0, 0.1) is 17.8 Å². The summed E-state index contributed by atoms with van der Waals surface area (Å²) in [6.07, 6.45) is 2.81. The van der Waals surface area contributed by atoms with Crippen molar-refractivity contribution >= 4 is 23.9 Å². The number of esters is 4. The van der Waals surface area contributed by atoms with Crippen LogP contribution in [0.25, 0.3) is 0 Å². The maximum absolute atomic E-state index is 11.7. The van der Waals surface area contributed by atoms with Crippen molar-refractivity contribution in [2.24, 2.45) is 17.8 Å². The molecule has 2 aliphatic heterocycles. The number of carbonyl (C=O) groups is 4. The minimum atomic E-state index is -0.611. The largest absolute Gasteiger partial charge is 0.393 e. The fraction of sp³-hybridized carbons (Fsp3) is 0.412. The van der Waals surface area contributed by atoms with Gasteiger partial charge < -0.3 is 9.47 Å². The molecule has 2 fully saturated rings. The Bertz CT molecular complexity index is 749. The van der Waals surface area contributed by atoms with E-state index >= 15 is 0 Å². The van der Waals surface area contributed by atoms with Crippen molar-refractivity contribution in [1.82, 2.24) is 0 Å². The van der Waals surface area contributed by atoms with Crippen molar-refractivity contribution in [3.63, 3.8) is 0 Å². The monoisotopic (exact) mass is 314 g/mol. The van der Waals surface area contributed by atoms with Crippen LogP contribution in [0.5, 0.6) is 0 Å². The summed E-state index contributed by atoms with van der Waals surface area (Å²) in [4.78, 5) is 46.3. The molecule has 1 saturated carbocycles. The lowest BCUT2D eigenvalue weighted by molar-refractivity contribution is -0.153. The second-order valence-electron chi connectivity index (χ2n) is 6.39. The van der Waals surface area contributed by atoms with Gasteiger partial charge in [0, 0.05) is 0 Å². The molecule has 23 heavy (non-hydrogen) atoms. The normalized spacial score (nSPS) is 29.1. The number of fused-ring (bicyclic) bond motifs is 2. The second kappa shape index (κ2) is 5.01. The Balaban J connectivity index is 1.50. The molecule has 2 heterocycles. The third-order valence-electron chi connectivity index (χ3n) is 5.00. The summed E-state index contributed by atoms with van der Waals surface area (Å²) in [5, 5.41) is 0. The van der Waals surface area contributed by atoms with E-state index in [9.17, 15) is 19.2 Å². The number of hydrogen-bond acceptors (Lipinski definition) is 6. The molecule has 118 valence electrons. The Morgan fingerprint density at radius 2 is 1.61 bits per heavy atom. The van der Waals surface area contributed by atoms with Crippen LogP contribution in [0.3, 0.4) is 0 Å². The van der Waals surface area contributed by atoms with E-state index in [-0.39, 0.29) is 17.8 Å². The van der Waals surface area contributed by atoms with Gasteiger partial charge in [0.25, 0.3) is 0 Å². The quantitative estimate of drug-likeness (QED) is 0.609. The van der Waals surface area contributed by atoms with E-state index in [4.69, 9.17) is 4.74 Å².